The molecule has 0 aliphatic carbocycles. The molecular weight excluding hydrogens is 688 g/mol. The predicted molar refractivity (Wildman–Crippen MR) is 218 cm³/mol. The first kappa shape index (κ1) is 34.0. The summed E-state index contributed by atoms with van der Waals surface area (Å²) in [5.41, 5.74) is 11.8. The lowest BCUT2D eigenvalue weighted by atomic mass is 9.91. The third-order valence-corrected chi connectivity index (χ3v) is 10.2. The summed E-state index contributed by atoms with van der Waals surface area (Å²) >= 11 is 0. The van der Waals surface area contributed by atoms with Gasteiger partial charge in [-0.1, -0.05) is 132 Å². The van der Waals surface area contributed by atoms with Crippen molar-refractivity contribution in [3.63, 3.8) is 0 Å². The Bertz CT molecular complexity index is 2780. The van der Waals surface area contributed by atoms with Crippen molar-refractivity contribution >= 4 is 21.8 Å². The zero-order valence-electron chi connectivity index (χ0n) is 30.1. The molecule has 2 aromatic heterocycles. The van der Waals surface area contributed by atoms with Gasteiger partial charge in [0.05, 0.1) is 33.7 Å². The van der Waals surface area contributed by atoms with Crippen molar-refractivity contribution in [1.29, 1.82) is 0 Å². The monoisotopic (exact) mass is 721 g/mol. The van der Waals surface area contributed by atoms with Crippen LogP contribution >= 0.6 is 0 Å². The number of halogens is 3. The van der Waals surface area contributed by atoms with E-state index in [1.165, 1.54) is 0 Å². The number of hydrogen-bond donors (Lipinski definition) is 0. The van der Waals surface area contributed by atoms with Crippen LogP contribution in [-0.4, -0.2) is 14.5 Å². The molecule has 7 aromatic carbocycles. The summed E-state index contributed by atoms with van der Waals surface area (Å²) in [7, 11) is 0. The average Bonchev–Trinajstić information content (AvgIpc) is 3.54. The molecule has 0 atom stereocenters. The maximum Gasteiger partial charge on any atom is 0.416 e. The van der Waals surface area contributed by atoms with Gasteiger partial charge in [0.15, 0.2) is 5.82 Å². The molecule has 2 heterocycles. The van der Waals surface area contributed by atoms with Crippen molar-refractivity contribution in [2.45, 2.75) is 20.0 Å². The normalized spacial score (nSPS) is 11.7. The summed E-state index contributed by atoms with van der Waals surface area (Å²) in [6.45, 7) is 4.14. The van der Waals surface area contributed by atoms with Crippen LogP contribution in [0.1, 0.15) is 16.7 Å². The zero-order chi connectivity index (χ0) is 37.7. The van der Waals surface area contributed by atoms with Gasteiger partial charge < -0.3 is 4.57 Å². The topological polar surface area (TPSA) is 30.7 Å². The largest absolute Gasteiger partial charge is 0.416 e. The van der Waals surface area contributed by atoms with Crippen molar-refractivity contribution < 1.29 is 13.2 Å². The van der Waals surface area contributed by atoms with E-state index in [4.69, 9.17) is 9.97 Å². The lowest BCUT2D eigenvalue weighted by molar-refractivity contribution is -0.137. The van der Waals surface area contributed by atoms with Gasteiger partial charge in [-0.15, -0.1) is 0 Å². The minimum absolute atomic E-state index is 0.506. The zero-order valence-corrected chi connectivity index (χ0v) is 30.1. The van der Waals surface area contributed by atoms with Crippen LogP contribution in [0.5, 0.6) is 0 Å². The Morgan fingerprint density at radius 3 is 1.53 bits per heavy atom. The number of para-hydroxylation sites is 1. The molecule has 0 saturated carbocycles. The second-order valence-corrected chi connectivity index (χ2v) is 13.9. The van der Waals surface area contributed by atoms with Gasteiger partial charge in [-0.05, 0) is 73.5 Å². The van der Waals surface area contributed by atoms with Gasteiger partial charge in [0.1, 0.15) is 0 Å². The molecule has 55 heavy (non-hydrogen) atoms. The quantitative estimate of drug-likeness (QED) is 0.171. The molecular formula is C49H34F3N3. The molecule has 9 rings (SSSR count). The number of benzene rings is 7. The minimum atomic E-state index is -4.47. The molecule has 0 fully saturated rings. The van der Waals surface area contributed by atoms with Crippen LogP contribution in [0.15, 0.2) is 170 Å². The van der Waals surface area contributed by atoms with Crippen LogP contribution in [0, 0.1) is 13.8 Å². The van der Waals surface area contributed by atoms with Crippen LogP contribution in [-0.2, 0) is 6.18 Å². The third kappa shape index (κ3) is 6.36. The average molecular weight is 722 g/mol. The highest BCUT2D eigenvalue weighted by Crippen LogP contribution is 2.44. The van der Waals surface area contributed by atoms with Gasteiger partial charge in [0.25, 0.3) is 0 Å². The number of hydrogen-bond acceptors (Lipinski definition) is 2. The summed E-state index contributed by atoms with van der Waals surface area (Å²) < 4.78 is 44.1. The molecule has 0 radical (unpaired) electrons. The second-order valence-electron chi connectivity index (χ2n) is 13.9. The molecule has 0 N–H and O–H groups in total. The molecule has 266 valence electrons. The number of rotatable bonds is 6. The lowest BCUT2D eigenvalue weighted by Crippen LogP contribution is -2.05. The lowest BCUT2D eigenvalue weighted by Gasteiger charge is -2.21. The van der Waals surface area contributed by atoms with Gasteiger partial charge in [-0.2, -0.15) is 13.2 Å². The van der Waals surface area contributed by atoms with Crippen molar-refractivity contribution in [2.24, 2.45) is 0 Å². The van der Waals surface area contributed by atoms with Gasteiger partial charge in [-0.25, -0.2) is 9.97 Å². The van der Waals surface area contributed by atoms with E-state index in [1.807, 2.05) is 84.9 Å². The fourth-order valence-electron chi connectivity index (χ4n) is 7.43. The first-order valence-electron chi connectivity index (χ1n) is 18.1. The fraction of sp³-hybridized carbons (Fsp3) is 0.0612. The van der Waals surface area contributed by atoms with E-state index in [-0.39, 0.29) is 0 Å². The van der Waals surface area contributed by atoms with Crippen LogP contribution in [0.3, 0.4) is 0 Å². The Morgan fingerprint density at radius 1 is 0.436 bits per heavy atom. The van der Waals surface area contributed by atoms with Crippen molar-refractivity contribution in [3.8, 4) is 61.8 Å². The molecule has 6 heteroatoms. The number of aryl methyl sites for hydroxylation is 2. The molecule has 0 bridgehead atoms. The SMILES string of the molecule is Cc1ccc(-c2cc(-c3nc(-c4ccccc4)cc(-c4ccccc4)n3)cc(-c3ccc(C(F)(F)F)cc3)c2-n2c3ccccc3c3cc(C)ccc32)cc1. The third-order valence-electron chi connectivity index (χ3n) is 10.2. The Labute approximate surface area is 317 Å². The summed E-state index contributed by atoms with van der Waals surface area (Å²) in [6, 6.07) is 54.7. The Morgan fingerprint density at radius 2 is 0.945 bits per heavy atom. The van der Waals surface area contributed by atoms with Crippen LogP contribution in [0.4, 0.5) is 13.2 Å². The van der Waals surface area contributed by atoms with E-state index in [0.717, 1.165) is 95.5 Å². The van der Waals surface area contributed by atoms with Gasteiger partial charge in [0.2, 0.25) is 0 Å². The first-order valence-corrected chi connectivity index (χ1v) is 18.1. The van der Waals surface area contributed by atoms with Crippen LogP contribution in [0.25, 0.3) is 83.6 Å². The van der Waals surface area contributed by atoms with E-state index in [0.29, 0.717) is 11.4 Å². The smallest absolute Gasteiger partial charge is 0.308 e. The van der Waals surface area contributed by atoms with Gasteiger partial charge in [0, 0.05) is 38.6 Å². The molecule has 0 amide bonds. The maximum absolute atomic E-state index is 13.9. The predicted octanol–water partition coefficient (Wildman–Crippen LogP) is 13.5. The van der Waals surface area contributed by atoms with E-state index in [9.17, 15) is 13.2 Å². The molecule has 3 nitrogen and oxygen atoms in total. The Hall–Kier alpha value is -6.79. The molecule has 0 aliphatic rings. The number of aromatic nitrogens is 3. The summed E-state index contributed by atoms with van der Waals surface area (Å²) in [5, 5.41) is 2.18. The Kier molecular flexibility index (Phi) is 8.39. The van der Waals surface area contributed by atoms with Gasteiger partial charge >= 0.3 is 6.18 Å². The highest BCUT2D eigenvalue weighted by atomic mass is 19.4. The first-order chi connectivity index (χ1) is 26.7. The number of nitrogens with zero attached hydrogens (tertiary/aromatic N) is 3. The summed E-state index contributed by atoms with van der Waals surface area (Å²) in [6.07, 6.45) is -4.47. The molecule has 0 saturated heterocycles. The van der Waals surface area contributed by atoms with E-state index < -0.39 is 11.7 Å². The summed E-state index contributed by atoms with van der Waals surface area (Å²) in [4.78, 5) is 10.3. The Balaban J connectivity index is 1.41. The summed E-state index contributed by atoms with van der Waals surface area (Å²) in [5.74, 6) is 0.506. The minimum Gasteiger partial charge on any atom is -0.308 e. The van der Waals surface area contributed by atoms with Crippen LogP contribution < -0.4 is 0 Å². The number of fused-ring (bicyclic) bond motifs is 3. The van der Waals surface area contributed by atoms with Crippen molar-refractivity contribution in [2.75, 3.05) is 0 Å². The molecule has 0 spiro atoms. The standard InChI is InChI=1S/C49H34F3N3/c1-31-17-20-33(21-18-31)40-28-37(48-53-43(35-11-5-3-6-12-35)30-44(54-48)36-13-7-4-8-14-36)29-41(34-22-24-38(25-23-34)49(50,51)52)47(40)55-45-16-10-9-15-39(45)42-27-32(2)19-26-46(42)55/h3-30H,1-2H3. The van der Waals surface area contributed by atoms with E-state index in [1.54, 1.807) is 12.1 Å². The second kappa shape index (κ2) is 13.6. The number of alkyl halides is 3. The highest BCUT2D eigenvalue weighted by Gasteiger charge is 2.30. The maximum atomic E-state index is 13.9. The van der Waals surface area contributed by atoms with E-state index >= 15 is 0 Å². The molecule has 0 aliphatic heterocycles. The van der Waals surface area contributed by atoms with E-state index in [2.05, 4.69) is 79.1 Å². The molecule has 0 unspecified atom stereocenters. The van der Waals surface area contributed by atoms with Crippen molar-refractivity contribution in [3.05, 3.63) is 187 Å². The molecule has 9 aromatic rings. The fourth-order valence-corrected chi connectivity index (χ4v) is 7.43. The van der Waals surface area contributed by atoms with Crippen LogP contribution in [0.2, 0.25) is 0 Å². The highest BCUT2D eigenvalue weighted by molar-refractivity contribution is 6.11. The van der Waals surface area contributed by atoms with Gasteiger partial charge in [-0.3, -0.25) is 0 Å². The van der Waals surface area contributed by atoms with Crippen molar-refractivity contribution in [1.82, 2.24) is 14.5 Å².